The van der Waals surface area contributed by atoms with Gasteiger partial charge in [-0.25, -0.2) is 10.2 Å². The summed E-state index contributed by atoms with van der Waals surface area (Å²) < 4.78 is 12.0. The van der Waals surface area contributed by atoms with Gasteiger partial charge in [-0.2, -0.15) is 5.10 Å². The third-order valence-corrected chi connectivity index (χ3v) is 5.41. The molecule has 0 aliphatic rings. The molecule has 0 fully saturated rings. The number of rotatable bonds is 8. The van der Waals surface area contributed by atoms with E-state index < -0.39 is 5.97 Å². The van der Waals surface area contributed by atoms with Crippen LogP contribution in [0.2, 0.25) is 0 Å². The van der Waals surface area contributed by atoms with Crippen LogP contribution >= 0.6 is 15.9 Å². The van der Waals surface area contributed by atoms with Gasteiger partial charge in [0.25, 0.3) is 5.91 Å². The number of hydrazone groups is 1. The van der Waals surface area contributed by atoms with E-state index in [0.717, 1.165) is 10.0 Å². The van der Waals surface area contributed by atoms with Gasteiger partial charge in [0.2, 0.25) is 0 Å². The van der Waals surface area contributed by atoms with Gasteiger partial charge in [-0.1, -0.05) is 64.5 Å². The highest BCUT2D eigenvalue weighted by atomic mass is 79.9. The van der Waals surface area contributed by atoms with Gasteiger partial charge in [-0.3, -0.25) is 4.79 Å². The van der Waals surface area contributed by atoms with Crippen molar-refractivity contribution in [1.82, 2.24) is 5.43 Å². The summed E-state index contributed by atoms with van der Waals surface area (Å²) in [5.74, 6) is 0.114. The zero-order valence-electron chi connectivity index (χ0n) is 18.6. The van der Waals surface area contributed by atoms with Gasteiger partial charge >= 0.3 is 5.97 Å². The van der Waals surface area contributed by atoms with Crippen molar-refractivity contribution in [3.63, 3.8) is 0 Å². The molecule has 1 amide bonds. The van der Waals surface area contributed by atoms with E-state index in [9.17, 15) is 9.59 Å². The summed E-state index contributed by atoms with van der Waals surface area (Å²) in [6, 6.07) is 30.5. The van der Waals surface area contributed by atoms with Crippen molar-refractivity contribution in [2.45, 2.75) is 6.61 Å². The van der Waals surface area contributed by atoms with Crippen LogP contribution in [0.25, 0.3) is 0 Å². The molecule has 0 radical (unpaired) electrons. The first-order chi connectivity index (χ1) is 17.1. The van der Waals surface area contributed by atoms with Gasteiger partial charge in [0.05, 0.1) is 11.8 Å². The van der Waals surface area contributed by atoms with E-state index in [-0.39, 0.29) is 5.91 Å². The molecule has 0 saturated carbocycles. The van der Waals surface area contributed by atoms with Crippen LogP contribution in [0.3, 0.4) is 0 Å². The van der Waals surface area contributed by atoms with Crippen LogP contribution in [0.5, 0.6) is 11.5 Å². The number of ether oxygens (including phenoxy) is 2. The van der Waals surface area contributed by atoms with Gasteiger partial charge < -0.3 is 9.47 Å². The lowest BCUT2D eigenvalue weighted by Gasteiger charge is -2.08. The zero-order valence-corrected chi connectivity index (χ0v) is 20.1. The summed E-state index contributed by atoms with van der Waals surface area (Å²) >= 11 is 3.40. The second kappa shape index (κ2) is 11.8. The summed E-state index contributed by atoms with van der Waals surface area (Å²) in [6.45, 7) is 0.445. The summed E-state index contributed by atoms with van der Waals surface area (Å²) in [7, 11) is 0. The molecule has 0 aromatic heterocycles. The number of hydrogen-bond donors (Lipinski definition) is 1. The molecule has 0 saturated heterocycles. The maximum Gasteiger partial charge on any atom is 0.343 e. The van der Waals surface area contributed by atoms with Crippen molar-refractivity contribution in [3.05, 3.63) is 130 Å². The minimum atomic E-state index is -0.485. The lowest BCUT2D eigenvalue weighted by molar-refractivity contribution is 0.0734. The number of benzene rings is 4. The Bertz CT molecular complexity index is 1320. The average Bonchev–Trinajstić information content (AvgIpc) is 2.90. The maximum absolute atomic E-state index is 12.5. The molecule has 4 aromatic carbocycles. The van der Waals surface area contributed by atoms with E-state index >= 15 is 0 Å². The molecule has 1 N–H and O–H groups in total. The Morgan fingerprint density at radius 1 is 0.829 bits per heavy atom. The highest BCUT2D eigenvalue weighted by molar-refractivity contribution is 9.10. The van der Waals surface area contributed by atoms with Crippen LogP contribution < -0.4 is 14.9 Å². The lowest BCUT2D eigenvalue weighted by atomic mass is 10.2. The van der Waals surface area contributed by atoms with Crippen molar-refractivity contribution in [1.29, 1.82) is 0 Å². The topological polar surface area (TPSA) is 77.0 Å². The van der Waals surface area contributed by atoms with Gasteiger partial charge in [-0.05, 0) is 60.2 Å². The van der Waals surface area contributed by atoms with Crippen molar-refractivity contribution < 1.29 is 19.1 Å². The second-order valence-electron chi connectivity index (χ2n) is 7.44. The van der Waals surface area contributed by atoms with Crippen molar-refractivity contribution in [2.75, 3.05) is 0 Å². The molecule has 0 aliphatic heterocycles. The smallest absolute Gasteiger partial charge is 0.343 e. The molecule has 4 rings (SSSR count). The number of halogens is 1. The number of nitrogens with zero attached hydrogens (tertiary/aromatic N) is 1. The number of nitrogens with one attached hydrogen (secondary N) is 1. The first-order valence-corrected chi connectivity index (χ1v) is 11.5. The largest absolute Gasteiger partial charge is 0.489 e. The van der Waals surface area contributed by atoms with E-state index in [1.165, 1.54) is 6.21 Å². The van der Waals surface area contributed by atoms with Gasteiger partial charge in [0, 0.05) is 15.6 Å². The molecule has 0 unspecified atom stereocenters. The van der Waals surface area contributed by atoms with Crippen LogP contribution in [-0.4, -0.2) is 18.1 Å². The second-order valence-corrected chi connectivity index (χ2v) is 8.35. The van der Waals surface area contributed by atoms with Gasteiger partial charge in [0.15, 0.2) is 0 Å². The van der Waals surface area contributed by atoms with E-state index in [4.69, 9.17) is 9.47 Å². The summed E-state index contributed by atoms with van der Waals surface area (Å²) in [6.07, 6.45) is 1.42. The van der Waals surface area contributed by atoms with Crippen molar-refractivity contribution >= 4 is 34.0 Å². The van der Waals surface area contributed by atoms with E-state index in [1.807, 2.05) is 36.4 Å². The van der Waals surface area contributed by atoms with E-state index in [2.05, 4.69) is 26.5 Å². The minimum Gasteiger partial charge on any atom is -0.489 e. The Hall–Kier alpha value is -4.23. The molecule has 0 bridgehead atoms. The van der Waals surface area contributed by atoms with E-state index in [1.54, 1.807) is 66.7 Å². The predicted octanol–water partition coefficient (Wildman–Crippen LogP) is 6.01. The molecule has 7 heteroatoms. The lowest BCUT2D eigenvalue weighted by Crippen LogP contribution is -2.17. The molecule has 4 aromatic rings. The Morgan fingerprint density at radius 2 is 1.51 bits per heavy atom. The standard InChI is InChI=1S/C28H21BrN2O4/c29-24-13-16-26(35-28(33)22-9-5-2-6-10-22)23(17-24)18-30-31-27(32)21-11-14-25(15-12-21)34-19-20-7-3-1-4-8-20/h1-18H,19H2,(H,31,32)/b30-18+. The molecular formula is C28H21BrN2O4. The third-order valence-electron chi connectivity index (χ3n) is 4.92. The summed E-state index contributed by atoms with van der Waals surface area (Å²) in [5, 5.41) is 4.03. The van der Waals surface area contributed by atoms with Gasteiger partial charge in [0.1, 0.15) is 18.1 Å². The first kappa shape index (κ1) is 23.9. The number of carbonyl (C=O) groups is 2. The molecular weight excluding hydrogens is 508 g/mol. The van der Waals surface area contributed by atoms with Crippen LogP contribution in [0.4, 0.5) is 0 Å². The number of amides is 1. The molecule has 0 spiro atoms. The van der Waals surface area contributed by atoms with E-state index in [0.29, 0.717) is 34.8 Å². The summed E-state index contributed by atoms with van der Waals surface area (Å²) in [5.41, 5.74) is 4.94. The average molecular weight is 529 g/mol. The fourth-order valence-electron chi connectivity index (χ4n) is 3.11. The molecule has 6 nitrogen and oxygen atoms in total. The van der Waals surface area contributed by atoms with Crippen molar-refractivity contribution in [3.8, 4) is 11.5 Å². The SMILES string of the molecule is O=C(N/N=C/c1cc(Br)ccc1OC(=O)c1ccccc1)c1ccc(OCc2ccccc2)cc1. The number of esters is 1. The third kappa shape index (κ3) is 6.88. The Balaban J connectivity index is 1.36. The van der Waals surface area contributed by atoms with Crippen LogP contribution in [-0.2, 0) is 6.61 Å². The fourth-order valence-corrected chi connectivity index (χ4v) is 3.49. The predicted molar refractivity (Wildman–Crippen MR) is 138 cm³/mol. The van der Waals surface area contributed by atoms with Crippen LogP contribution in [0.15, 0.2) is 113 Å². The molecule has 0 aliphatic carbocycles. The Kier molecular flexibility index (Phi) is 8.04. The van der Waals surface area contributed by atoms with Gasteiger partial charge in [-0.15, -0.1) is 0 Å². The minimum absolute atomic E-state index is 0.319. The first-order valence-electron chi connectivity index (χ1n) is 10.8. The summed E-state index contributed by atoms with van der Waals surface area (Å²) in [4.78, 5) is 24.9. The highest BCUT2D eigenvalue weighted by Gasteiger charge is 2.11. The Morgan fingerprint density at radius 3 is 2.23 bits per heavy atom. The van der Waals surface area contributed by atoms with Crippen LogP contribution in [0.1, 0.15) is 31.8 Å². The molecule has 35 heavy (non-hydrogen) atoms. The highest BCUT2D eigenvalue weighted by Crippen LogP contribution is 2.23. The normalized spacial score (nSPS) is 10.7. The monoisotopic (exact) mass is 528 g/mol. The Labute approximate surface area is 211 Å². The fraction of sp³-hybridized carbons (Fsp3) is 0.0357. The molecule has 174 valence electrons. The molecule has 0 atom stereocenters. The zero-order chi connectivity index (χ0) is 24.5. The quantitative estimate of drug-likeness (QED) is 0.131. The molecule has 0 heterocycles. The van der Waals surface area contributed by atoms with Crippen LogP contribution in [0, 0.1) is 0 Å². The maximum atomic E-state index is 12.5. The van der Waals surface area contributed by atoms with Crippen molar-refractivity contribution in [2.24, 2.45) is 5.10 Å². The number of carbonyl (C=O) groups excluding carboxylic acids is 2. The number of hydrogen-bond acceptors (Lipinski definition) is 5.